The van der Waals surface area contributed by atoms with E-state index in [9.17, 15) is 27.2 Å². The van der Waals surface area contributed by atoms with Gasteiger partial charge in [-0.15, -0.1) is 0 Å². The van der Waals surface area contributed by atoms with Crippen molar-refractivity contribution in [3.63, 3.8) is 0 Å². The number of benzene rings is 1. The largest absolute Gasteiger partial charge is 0.414 e. The fraction of sp³-hybridized carbons (Fsp3) is 0.435. The molecule has 0 spiro atoms. The van der Waals surface area contributed by atoms with E-state index in [1.54, 1.807) is 6.07 Å². The van der Waals surface area contributed by atoms with Gasteiger partial charge in [0.1, 0.15) is 5.82 Å². The number of alkyl halides is 3. The third-order valence-corrected chi connectivity index (χ3v) is 6.60. The molecule has 3 atom stereocenters. The Balaban J connectivity index is 1.46. The van der Waals surface area contributed by atoms with Crippen LogP contribution in [0.1, 0.15) is 35.7 Å². The number of carbonyl (C=O) groups is 2. The van der Waals surface area contributed by atoms with E-state index < -0.39 is 29.9 Å². The summed E-state index contributed by atoms with van der Waals surface area (Å²) in [5.41, 5.74) is 1.53. The minimum absolute atomic E-state index is 0.0124. The molecule has 6 nitrogen and oxygen atoms in total. The molecule has 11 heteroatoms. The van der Waals surface area contributed by atoms with Crippen LogP contribution in [0.5, 0.6) is 0 Å². The number of aromatic nitrogens is 1. The molecule has 1 aromatic carbocycles. The standard InChI is InChI=1S/C23H23ClF4N4O2/c1-32(22(34)13-3-7-19(33)30-10-13)21(23(26,27)28)18-6-4-14(11-29-18)31-15-8-12-2-5-17(24)20(25)16(12)9-15/h2,4-6,11,13,15,21,31H,3,7-10H2,1H3,(H,30,33)/t13-,15?,21-/m0/s1. The Morgan fingerprint density at radius 2 is 2.03 bits per heavy atom. The maximum absolute atomic E-state index is 14.2. The van der Waals surface area contributed by atoms with Crippen molar-refractivity contribution in [3.05, 3.63) is 58.1 Å². The Bertz CT molecular complexity index is 1080. The van der Waals surface area contributed by atoms with Crippen molar-refractivity contribution < 1.29 is 27.2 Å². The lowest BCUT2D eigenvalue weighted by Gasteiger charge is -2.33. The van der Waals surface area contributed by atoms with Crippen LogP contribution >= 0.6 is 11.6 Å². The highest BCUT2D eigenvalue weighted by molar-refractivity contribution is 6.30. The van der Waals surface area contributed by atoms with E-state index in [4.69, 9.17) is 11.6 Å². The molecule has 2 aromatic rings. The van der Waals surface area contributed by atoms with Gasteiger partial charge in [0.05, 0.1) is 28.5 Å². The van der Waals surface area contributed by atoms with Crippen LogP contribution in [0.15, 0.2) is 30.5 Å². The first-order valence-electron chi connectivity index (χ1n) is 10.8. The Labute approximate surface area is 198 Å². The maximum Gasteiger partial charge on any atom is 0.414 e. The number of hydrogen-bond donors (Lipinski definition) is 2. The van der Waals surface area contributed by atoms with Gasteiger partial charge < -0.3 is 15.5 Å². The maximum atomic E-state index is 14.2. The third kappa shape index (κ3) is 4.96. The highest BCUT2D eigenvalue weighted by Crippen LogP contribution is 2.38. The molecule has 182 valence electrons. The number of halogens is 5. The smallest absolute Gasteiger partial charge is 0.380 e. The summed E-state index contributed by atoms with van der Waals surface area (Å²) >= 11 is 5.84. The van der Waals surface area contributed by atoms with Gasteiger partial charge in [0.2, 0.25) is 11.8 Å². The van der Waals surface area contributed by atoms with Gasteiger partial charge in [0, 0.05) is 26.1 Å². The number of hydrogen-bond acceptors (Lipinski definition) is 4. The quantitative estimate of drug-likeness (QED) is 0.610. The molecule has 0 saturated carbocycles. The van der Waals surface area contributed by atoms with E-state index >= 15 is 0 Å². The average molecular weight is 499 g/mol. The number of carbonyl (C=O) groups excluding carboxylic acids is 2. The number of nitrogens with one attached hydrogen (secondary N) is 2. The first-order chi connectivity index (χ1) is 16.0. The van der Waals surface area contributed by atoms with Gasteiger partial charge in [0.25, 0.3) is 0 Å². The number of piperidine rings is 1. The van der Waals surface area contributed by atoms with Crippen LogP contribution in [-0.4, -0.2) is 47.5 Å². The zero-order valence-electron chi connectivity index (χ0n) is 18.3. The second kappa shape index (κ2) is 9.40. The van der Waals surface area contributed by atoms with Crippen LogP contribution in [0, 0.1) is 11.7 Å². The first kappa shape index (κ1) is 24.3. The highest BCUT2D eigenvalue weighted by Gasteiger charge is 2.47. The minimum Gasteiger partial charge on any atom is -0.380 e. The second-order valence-electron chi connectivity index (χ2n) is 8.65. The molecule has 1 fully saturated rings. The van der Waals surface area contributed by atoms with Crippen molar-refractivity contribution >= 4 is 29.1 Å². The molecule has 2 heterocycles. The molecular formula is C23H23ClF4N4O2. The summed E-state index contributed by atoms with van der Waals surface area (Å²) in [4.78, 5) is 28.7. The molecule has 2 N–H and O–H groups in total. The summed E-state index contributed by atoms with van der Waals surface area (Å²) in [7, 11) is 1.10. The van der Waals surface area contributed by atoms with Crippen LogP contribution in [0.2, 0.25) is 5.02 Å². The predicted octanol–water partition coefficient (Wildman–Crippen LogP) is 4.04. The molecule has 1 saturated heterocycles. The molecule has 1 unspecified atom stereocenters. The molecule has 1 aromatic heterocycles. The van der Waals surface area contributed by atoms with E-state index in [-0.39, 0.29) is 42.1 Å². The van der Waals surface area contributed by atoms with Crippen LogP contribution in [0.25, 0.3) is 0 Å². The van der Waals surface area contributed by atoms with E-state index in [1.807, 2.05) is 0 Å². The Morgan fingerprint density at radius 1 is 1.26 bits per heavy atom. The normalized spacial score (nSPS) is 20.9. The van der Waals surface area contributed by atoms with Crippen molar-refractivity contribution in [1.82, 2.24) is 15.2 Å². The fourth-order valence-electron chi connectivity index (χ4n) is 4.56. The van der Waals surface area contributed by atoms with E-state index in [2.05, 4.69) is 15.6 Å². The number of fused-ring (bicyclic) bond motifs is 1. The van der Waals surface area contributed by atoms with Crippen LogP contribution in [0.3, 0.4) is 0 Å². The second-order valence-corrected chi connectivity index (χ2v) is 9.06. The van der Waals surface area contributed by atoms with Crippen LogP contribution in [0.4, 0.5) is 23.2 Å². The zero-order valence-corrected chi connectivity index (χ0v) is 19.0. The Kier molecular flexibility index (Phi) is 6.71. The summed E-state index contributed by atoms with van der Waals surface area (Å²) in [5.74, 6) is -2.09. The molecule has 4 rings (SSSR count). The number of amides is 2. The van der Waals surface area contributed by atoms with Gasteiger partial charge in [-0.25, -0.2) is 4.39 Å². The number of nitrogens with zero attached hydrogens (tertiary/aromatic N) is 2. The highest BCUT2D eigenvalue weighted by atomic mass is 35.5. The number of rotatable bonds is 5. The van der Waals surface area contributed by atoms with Crippen LogP contribution in [-0.2, 0) is 22.4 Å². The lowest BCUT2D eigenvalue weighted by molar-refractivity contribution is -0.191. The molecular weight excluding hydrogens is 476 g/mol. The summed E-state index contributed by atoms with van der Waals surface area (Å²) in [6.45, 7) is 0.0124. The van der Waals surface area contributed by atoms with Crippen molar-refractivity contribution in [1.29, 1.82) is 0 Å². The van der Waals surface area contributed by atoms with Gasteiger partial charge in [-0.3, -0.25) is 14.6 Å². The van der Waals surface area contributed by atoms with Gasteiger partial charge in [-0.1, -0.05) is 17.7 Å². The minimum atomic E-state index is -4.74. The molecule has 0 bridgehead atoms. The Hall–Kier alpha value is -2.88. The van der Waals surface area contributed by atoms with E-state index in [0.29, 0.717) is 29.0 Å². The lowest BCUT2D eigenvalue weighted by atomic mass is 9.96. The average Bonchev–Trinajstić information content (AvgIpc) is 3.20. The third-order valence-electron chi connectivity index (χ3n) is 6.31. The van der Waals surface area contributed by atoms with Gasteiger partial charge in [-0.05, 0) is 48.6 Å². The molecule has 34 heavy (non-hydrogen) atoms. The summed E-state index contributed by atoms with van der Waals surface area (Å²) in [6.07, 6.45) is -2.23. The molecule has 2 aliphatic rings. The summed E-state index contributed by atoms with van der Waals surface area (Å²) < 4.78 is 56.0. The monoisotopic (exact) mass is 498 g/mol. The SMILES string of the molecule is CN(C(=O)[C@H]1CCC(=O)NC1)[C@@H](c1ccc(NC2Cc3ccc(Cl)c(F)c3C2)cn1)C(F)(F)F. The van der Waals surface area contributed by atoms with Crippen molar-refractivity contribution in [2.24, 2.45) is 5.92 Å². The van der Waals surface area contributed by atoms with E-state index in [1.165, 1.54) is 24.4 Å². The summed E-state index contributed by atoms with van der Waals surface area (Å²) in [6, 6.07) is 3.59. The number of pyridine rings is 1. The Morgan fingerprint density at radius 3 is 2.65 bits per heavy atom. The van der Waals surface area contributed by atoms with Gasteiger partial charge >= 0.3 is 6.18 Å². The first-order valence-corrected chi connectivity index (χ1v) is 11.2. The summed E-state index contributed by atoms with van der Waals surface area (Å²) in [5, 5.41) is 5.74. The van der Waals surface area contributed by atoms with Crippen molar-refractivity contribution in [3.8, 4) is 0 Å². The molecule has 0 radical (unpaired) electrons. The molecule has 1 aliphatic carbocycles. The van der Waals surface area contributed by atoms with Gasteiger partial charge in [0.15, 0.2) is 6.04 Å². The molecule has 1 aliphatic heterocycles. The topological polar surface area (TPSA) is 74.3 Å². The lowest BCUT2D eigenvalue weighted by Crippen LogP contribution is -2.47. The predicted molar refractivity (Wildman–Crippen MR) is 118 cm³/mol. The zero-order chi connectivity index (χ0) is 24.6. The van der Waals surface area contributed by atoms with Gasteiger partial charge in [-0.2, -0.15) is 13.2 Å². The van der Waals surface area contributed by atoms with E-state index in [0.717, 1.165) is 12.6 Å². The van der Waals surface area contributed by atoms with Crippen molar-refractivity contribution in [2.75, 3.05) is 18.9 Å². The molecule has 2 amide bonds. The number of anilines is 1. The fourth-order valence-corrected chi connectivity index (χ4v) is 4.74. The van der Waals surface area contributed by atoms with Crippen LogP contribution < -0.4 is 10.6 Å². The van der Waals surface area contributed by atoms with Crippen molar-refractivity contribution in [2.45, 2.75) is 43.9 Å².